The second-order valence-corrected chi connectivity index (χ2v) is 5.93. The standard InChI is InChI=1S/C14H17IN2/c1-14(2,3)13-16-11(9-15)12(17-13)10-7-5-4-6-8-10/h4-8H,9H2,1-3H3,(H,16,17). The van der Waals surface area contributed by atoms with Crippen LogP contribution in [0.5, 0.6) is 0 Å². The van der Waals surface area contributed by atoms with E-state index in [0.29, 0.717) is 0 Å². The van der Waals surface area contributed by atoms with Gasteiger partial charge in [-0.3, -0.25) is 0 Å². The van der Waals surface area contributed by atoms with E-state index in [0.717, 1.165) is 15.9 Å². The Morgan fingerprint density at radius 2 is 1.82 bits per heavy atom. The normalized spacial score (nSPS) is 11.8. The maximum absolute atomic E-state index is 4.76. The molecule has 0 radical (unpaired) electrons. The fourth-order valence-electron chi connectivity index (χ4n) is 1.70. The number of hydrogen-bond acceptors (Lipinski definition) is 1. The summed E-state index contributed by atoms with van der Waals surface area (Å²) in [5, 5.41) is 0. The number of aromatic nitrogens is 2. The summed E-state index contributed by atoms with van der Waals surface area (Å²) < 4.78 is 0.949. The highest BCUT2D eigenvalue weighted by molar-refractivity contribution is 14.1. The van der Waals surface area contributed by atoms with Gasteiger partial charge >= 0.3 is 0 Å². The van der Waals surface area contributed by atoms with Crippen LogP contribution in [0.25, 0.3) is 11.3 Å². The highest BCUT2D eigenvalue weighted by Gasteiger charge is 2.20. The van der Waals surface area contributed by atoms with Gasteiger partial charge in [-0.05, 0) is 0 Å². The largest absolute Gasteiger partial charge is 0.344 e. The van der Waals surface area contributed by atoms with E-state index in [1.165, 1.54) is 11.3 Å². The van der Waals surface area contributed by atoms with Gasteiger partial charge in [-0.1, -0.05) is 73.7 Å². The van der Waals surface area contributed by atoms with Gasteiger partial charge in [0.2, 0.25) is 0 Å². The molecule has 0 aliphatic rings. The zero-order chi connectivity index (χ0) is 12.5. The average Bonchev–Trinajstić information content (AvgIpc) is 2.73. The molecule has 2 aromatic rings. The third-order valence-corrected chi connectivity index (χ3v) is 3.43. The predicted molar refractivity (Wildman–Crippen MR) is 80.4 cm³/mol. The van der Waals surface area contributed by atoms with Gasteiger partial charge in [-0.25, -0.2) is 4.98 Å². The molecule has 3 heteroatoms. The summed E-state index contributed by atoms with van der Waals surface area (Å²) in [6.07, 6.45) is 0. The number of H-pyrrole nitrogens is 1. The zero-order valence-corrected chi connectivity index (χ0v) is 12.6. The molecule has 0 saturated heterocycles. The summed E-state index contributed by atoms with van der Waals surface area (Å²) in [5.74, 6) is 1.06. The first kappa shape index (κ1) is 12.6. The molecule has 0 aliphatic heterocycles. The zero-order valence-electron chi connectivity index (χ0n) is 10.4. The maximum Gasteiger partial charge on any atom is 0.112 e. The summed E-state index contributed by atoms with van der Waals surface area (Å²) in [6.45, 7) is 6.53. The smallest absolute Gasteiger partial charge is 0.112 e. The number of nitrogens with zero attached hydrogens (tertiary/aromatic N) is 1. The lowest BCUT2D eigenvalue weighted by molar-refractivity contribution is 0.552. The Labute approximate surface area is 116 Å². The lowest BCUT2D eigenvalue weighted by Gasteiger charge is -2.14. The first-order valence-electron chi connectivity index (χ1n) is 5.73. The Bertz CT molecular complexity index is 495. The lowest BCUT2D eigenvalue weighted by Crippen LogP contribution is -2.13. The van der Waals surface area contributed by atoms with Crippen molar-refractivity contribution < 1.29 is 0 Å². The highest BCUT2D eigenvalue weighted by atomic mass is 127. The van der Waals surface area contributed by atoms with E-state index < -0.39 is 0 Å². The van der Waals surface area contributed by atoms with E-state index in [1.807, 2.05) is 6.07 Å². The van der Waals surface area contributed by atoms with E-state index >= 15 is 0 Å². The van der Waals surface area contributed by atoms with Crippen LogP contribution in [0.2, 0.25) is 0 Å². The number of alkyl halides is 1. The Hall–Kier alpha value is -0.840. The molecule has 0 aliphatic carbocycles. The van der Waals surface area contributed by atoms with Crippen LogP contribution in [-0.2, 0) is 9.84 Å². The van der Waals surface area contributed by atoms with Crippen molar-refractivity contribution in [3.8, 4) is 11.3 Å². The van der Waals surface area contributed by atoms with Gasteiger partial charge in [0, 0.05) is 15.4 Å². The van der Waals surface area contributed by atoms with Crippen LogP contribution in [0.3, 0.4) is 0 Å². The van der Waals surface area contributed by atoms with Crippen molar-refractivity contribution in [1.29, 1.82) is 0 Å². The lowest BCUT2D eigenvalue weighted by atomic mass is 9.96. The molecule has 0 atom stereocenters. The molecule has 1 heterocycles. The summed E-state index contributed by atoms with van der Waals surface area (Å²) in [6, 6.07) is 10.4. The Morgan fingerprint density at radius 1 is 1.18 bits per heavy atom. The van der Waals surface area contributed by atoms with Crippen LogP contribution in [-0.4, -0.2) is 9.97 Å². The third kappa shape index (κ3) is 2.70. The van der Waals surface area contributed by atoms with Crippen molar-refractivity contribution in [2.75, 3.05) is 0 Å². The van der Waals surface area contributed by atoms with E-state index in [2.05, 4.69) is 72.6 Å². The topological polar surface area (TPSA) is 28.7 Å². The third-order valence-electron chi connectivity index (χ3n) is 2.67. The SMILES string of the molecule is CC(C)(C)c1nc(-c2ccccc2)c(CI)[nH]1. The molecule has 90 valence electrons. The monoisotopic (exact) mass is 340 g/mol. The number of nitrogens with one attached hydrogen (secondary N) is 1. The van der Waals surface area contributed by atoms with Gasteiger partial charge in [-0.2, -0.15) is 0 Å². The van der Waals surface area contributed by atoms with Crippen LogP contribution < -0.4 is 0 Å². The molecule has 0 bridgehead atoms. The van der Waals surface area contributed by atoms with Crippen molar-refractivity contribution in [3.05, 3.63) is 41.9 Å². The molecule has 2 rings (SSSR count). The summed E-state index contributed by atoms with van der Waals surface area (Å²) in [7, 11) is 0. The van der Waals surface area contributed by atoms with E-state index in [-0.39, 0.29) is 5.41 Å². The van der Waals surface area contributed by atoms with Crippen LogP contribution in [0.1, 0.15) is 32.3 Å². The fraction of sp³-hybridized carbons (Fsp3) is 0.357. The Balaban J connectivity index is 2.51. The molecule has 0 fully saturated rings. The molecular formula is C14H17IN2. The Morgan fingerprint density at radius 3 is 2.35 bits per heavy atom. The molecule has 2 nitrogen and oxygen atoms in total. The van der Waals surface area contributed by atoms with Gasteiger partial charge in [-0.15, -0.1) is 0 Å². The summed E-state index contributed by atoms with van der Waals surface area (Å²) >= 11 is 2.38. The van der Waals surface area contributed by atoms with E-state index in [4.69, 9.17) is 4.98 Å². The molecule has 0 unspecified atom stereocenters. The van der Waals surface area contributed by atoms with Crippen molar-refractivity contribution >= 4 is 22.6 Å². The van der Waals surface area contributed by atoms with Crippen LogP contribution >= 0.6 is 22.6 Å². The number of halogens is 1. The molecule has 0 spiro atoms. The molecule has 1 aromatic heterocycles. The van der Waals surface area contributed by atoms with Crippen molar-refractivity contribution in [2.45, 2.75) is 30.6 Å². The number of aromatic amines is 1. The highest BCUT2D eigenvalue weighted by Crippen LogP contribution is 2.28. The molecule has 0 saturated carbocycles. The minimum atomic E-state index is 0.0631. The van der Waals surface area contributed by atoms with Crippen LogP contribution in [0, 0.1) is 0 Å². The molecule has 0 amide bonds. The average molecular weight is 340 g/mol. The Kier molecular flexibility index (Phi) is 3.56. The van der Waals surface area contributed by atoms with Gasteiger partial charge in [0.15, 0.2) is 0 Å². The number of hydrogen-bond donors (Lipinski definition) is 1. The van der Waals surface area contributed by atoms with Gasteiger partial charge in [0.1, 0.15) is 5.82 Å². The molecule has 1 aromatic carbocycles. The van der Waals surface area contributed by atoms with Crippen LogP contribution in [0.15, 0.2) is 30.3 Å². The summed E-state index contributed by atoms with van der Waals surface area (Å²) in [4.78, 5) is 8.21. The number of benzene rings is 1. The first-order chi connectivity index (χ1) is 8.02. The van der Waals surface area contributed by atoms with Gasteiger partial charge in [0.25, 0.3) is 0 Å². The van der Waals surface area contributed by atoms with Crippen molar-refractivity contribution in [1.82, 2.24) is 9.97 Å². The second-order valence-electron chi connectivity index (χ2n) is 5.16. The maximum atomic E-state index is 4.76. The van der Waals surface area contributed by atoms with E-state index in [1.54, 1.807) is 0 Å². The summed E-state index contributed by atoms with van der Waals surface area (Å²) in [5.41, 5.74) is 3.55. The van der Waals surface area contributed by atoms with Crippen molar-refractivity contribution in [2.24, 2.45) is 0 Å². The fourth-order valence-corrected chi connectivity index (χ4v) is 2.25. The minimum absolute atomic E-state index is 0.0631. The first-order valence-corrected chi connectivity index (χ1v) is 7.25. The quantitative estimate of drug-likeness (QED) is 0.641. The second kappa shape index (κ2) is 4.80. The molecule has 1 N–H and O–H groups in total. The number of rotatable bonds is 2. The van der Waals surface area contributed by atoms with Crippen molar-refractivity contribution in [3.63, 3.8) is 0 Å². The predicted octanol–water partition coefficient (Wildman–Crippen LogP) is 4.31. The molecule has 17 heavy (non-hydrogen) atoms. The molecular weight excluding hydrogens is 323 g/mol. The minimum Gasteiger partial charge on any atom is -0.344 e. The van der Waals surface area contributed by atoms with Gasteiger partial charge < -0.3 is 4.98 Å². The van der Waals surface area contributed by atoms with Crippen LogP contribution in [0.4, 0.5) is 0 Å². The van der Waals surface area contributed by atoms with E-state index in [9.17, 15) is 0 Å². The van der Waals surface area contributed by atoms with Gasteiger partial charge in [0.05, 0.1) is 11.4 Å². The number of imidazole rings is 1.